The Morgan fingerprint density at radius 3 is 2.63 bits per heavy atom. The minimum absolute atomic E-state index is 0.103. The van der Waals surface area contributed by atoms with Crippen molar-refractivity contribution in [1.82, 2.24) is 4.90 Å². The average molecular weight is 530 g/mol. The Balaban J connectivity index is 1.39. The molecule has 1 fully saturated rings. The summed E-state index contributed by atoms with van der Waals surface area (Å²) >= 11 is 1.78. The molecule has 0 saturated carbocycles. The lowest BCUT2D eigenvalue weighted by atomic mass is 9.97. The van der Waals surface area contributed by atoms with Gasteiger partial charge in [-0.25, -0.2) is 0 Å². The van der Waals surface area contributed by atoms with Crippen molar-refractivity contribution in [1.29, 1.82) is 0 Å². The van der Waals surface area contributed by atoms with Gasteiger partial charge in [0.15, 0.2) is 0 Å². The molecule has 1 aromatic heterocycles. The number of rotatable bonds is 11. The molecule has 1 saturated heterocycles. The first-order valence-electron chi connectivity index (χ1n) is 12.9. The summed E-state index contributed by atoms with van der Waals surface area (Å²) in [6.45, 7) is 1.77. The van der Waals surface area contributed by atoms with Crippen molar-refractivity contribution >= 4 is 33.3 Å². The van der Waals surface area contributed by atoms with Gasteiger partial charge in [-0.15, -0.1) is 11.3 Å². The number of carbonyl (C=O) groups is 2. The van der Waals surface area contributed by atoms with Gasteiger partial charge in [0.2, 0.25) is 5.91 Å². The molecule has 7 heteroatoms. The number of likely N-dealkylation sites (tertiary alicyclic amines) is 1. The molecule has 0 aliphatic carbocycles. The fraction of sp³-hybridized carbons (Fsp3) is 0.290. The Morgan fingerprint density at radius 1 is 1.08 bits per heavy atom. The number of carboxylic acids is 1. The summed E-state index contributed by atoms with van der Waals surface area (Å²) in [5, 5.41) is 10.0. The number of benzene rings is 3. The third kappa shape index (κ3) is 5.83. The summed E-state index contributed by atoms with van der Waals surface area (Å²) in [5.41, 5.74) is 4.57. The molecular formula is C31H31NO5S. The smallest absolute Gasteiger partial charge is 0.303 e. The summed E-state index contributed by atoms with van der Waals surface area (Å²) in [4.78, 5) is 26.0. The Kier molecular flexibility index (Phi) is 7.94. The summed E-state index contributed by atoms with van der Waals surface area (Å²) in [5.74, 6) is 0.948. The quantitative estimate of drug-likeness (QED) is 0.224. The molecule has 0 spiro atoms. The van der Waals surface area contributed by atoms with Crippen molar-refractivity contribution in [2.75, 3.05) is 20.3 Å². The molecule has 3 aromatic carbocycles. The van der Waals surface area contributed by atoms with E-state index in [1.165, 1.54) is 20.5 Å². The summed E-state index contributed by atoms with van der Waals surface area (Å²) in [6.07, 6.45) is 2.89. The first kappa shape index (κ1) is 25.8. The van der Waals surface area contributed by atoms with Crippen LogP contribution in [0.25, 0.3) is 20.5 Å². The number of methoxy groups -OCH3 is 1. The second kappa shape index (κ2) is 11.7. The van der Waals surface area contributed by atoms with Gasteiger partial charge in [-0.2, -0.15) is 0 Å². The van der Waals surface area contributed by atoms with E-state index in [-0.39, 0.29) is 12.3 Å². The molecule has 2 heterocycles. The number of aliphatic carboxylic acids is 1. The predicted octanol–water partition coefficient (Wildman–Crippen LogP) is 6.53. The van der Waals surface area contributed by atoms with Gasteiger partial charge in [0.05, 0.1) is 13.7 Å². The normalized spacial score (nSPS) is 13.3. The van der Waals surface area contributed by atoms with Gasteiger partial charge in [-0.3, -0.25) is 9.59 Å². The maximum atomic E-state index is 12.1. The highest BCUT2D eigenvalue weighted by atomic mass is 32.1. The highest BCUT2D eigenvalue weighted by Crippen LogP contribution is 2.40. The Morgan fingerprint density at radius 2 is 1.89 bits per heavy atom. The van der Waals surface area contributed by atoms with Crippen LogP contribution in [0, 0.1) is 0 Å². The van der Waals surface area contributed by atoms with E-state index in [1.54, 1.807) is 18.4 Å². The number of fused-ring (bicyclic) bond motifs is 1. The molecule has 4 aromatic rings. The van der Waals surface area contributed by atoms with Crippen LogP contribution in [0.1, 0.15) is 42.4 Å². The molecule has 0 bridgehead atoms. The first-order chi connectivity index (χ1) is 18.5. The molecule has 1 amide bonds. The third-order valence-electron chi connectivity index (χ3n) is 6.88. The molecule has 5 rings (SSSR count). The molecule has 1 aliphatic rings. The van der Waals surface area contributed by atoms with E-state index in [4.69, 9.17) is 14.6 Å². The second-order valence-electron chi connectivity index (χ2n) is 9.52. The molecule has 196 valence electrons. The van der Waals surface area contributed by atoms with Crippen molar-refractivity contribution < 1.29 is 24.2 Å². The van der Waals surface area contributed by atoms with Gasteiger partial charge in [0.1, 0.15) is 11.5 Å². The number of thiophene rings is 1. The molecule has 1 N–H and O–H groups in total. The molecule has 0 radical (unpaired) electrons. The lowest BCUT2D eigenvalue weighted by Crippen LogP contribution is -2.24. The maximum absolute atomic E-state index is 12.1. The zero-order valence-corrected chi connectivity index (χ0v) is 22.3. The van der Waals surface area contributed by atoms with Crippen molar-refractivity contribution in [3.05, 3.63) is 83.4 Å². The lowest BCUT2D eigenvalue weighted by molar-refractivity contribution is -0.137. The fourth-order valence-electron chi connectivity index (χ4n) is 4.93. The number of amides is 1. The molecule has 6 nitrogen and oxygen atoms in total. The number of carbonyl (C=O) groups excluding carboxylic acids is 1. The van der Waals surface area contributed by atoms with E-state index < -0.39 is 5.97 Å². The highest BCUT2D eigenvalue weighted by molar-refractivity contribution is 7.22. The van der Waals surface area contributed by atoms with E-state index in [0.29, 0.717) is 26.0 Å². The second-order valence-corrected chi connectivity index (χ2v) is 10.6. The van der Waals surface area contributed by atoms with Crippen LogP contribution in [0.2, 0.25) is 0 Å². The van der Waals surface area contributed by atoms with Crippen LogP contribution < -0.4 is 9.47 Å². The Bertz CT molecular complexity index is 1440. The average Bonchev–Trinajstić information content (AvgIpc) is 3.50. The molecule has 38 heavy (non-hydrogen) atoms. The first-order valence-corrected chi connectivity index (χ1v) is 13.7. The molecular weight excluding hydrogens is 498 g/mol. The highest BCUT2D eigenvalue weighted by Gasteiger charge is 2.22. The van der Waals surface area contributed by atoms with Crippen LogP contribution in [-0.4, -0.2) is 42.1 Å². The fourth-order valence-corrected chi connectivity index (χ4v) is 6.16. The van der Waals surface area contributed by atoms with Crippen LogP contribution in [0.15, 0.2) is 66.7 Å². The van der Waals surface area contributed by atoms with Crippen LogP contribution in [0.4, 0.5) is 0 Å². The number of carboxylic acid groups (broad SMARTS) is 1. The molecule has 1 aliphatic heterocycles. The van der Waals surface area contributed by atoms with Crippen molar-refractivity contribution in [2.24, 2.45) is 0 Å². The van der Waals surface area contributed by atoms with E-state index >= 15 is 0 Å². The SMILES string of the molecule is COc1cc(Cc2c(-c3ccc(OCCCC(=O)O)cc3)sc3ccccc23)ccc1CN1CCCC1=O. The number of nitrogens with zero attached hydrogens (tertiary/aromatic N) is 1. The van der Waals surface area contributed by atoms with Crippen LogP contribution in [-0.2, 0) is 22.6 Å². The monoisotopic (exact) mass is 529 g/mol. The summed E-state index contributed by atoms with van der Waals surface area (Å²) < 4.78 is 12.7. The standard InChI is InChI=1S/C31H31NO5S/c1-36-27-19-21(10-11-23(27)20-32-16-4-8-29(32)33)18-26-25-6-2-3-7-28(25)38-31(26)22-12-14-24(15-13-22)37-17-5-9-30(34)35/h2-3,6-7,10-15,19H,4-5,8-9,16-18,20H2,1H3,(H,34,35). The molecule has 0 unspecified atom stereocenters. The van der Waals surface area contributed by atoms with E-state index in [2.05, 4.69) is 54.6 Å². The van der Waals surface area contributed by atoms with Gasteiger partial charge >= 0.3 is 5.97 Å². The Hall–Kier alpha value is -3.84. The zero-order valence-electron chi connectivity index (χ0n) is 21.4. The van der Waals surface area contributed by atoms with Crippen molar-refractivity contribution in [3.8, 4) is 21.9 Å². The van der Waals surface area contributed by atoms with Gasteiger partial charge in [-0.1, -0.05) is 30.3 Å². The van der Waals surface area contributed by atoms with Gasteiger partial charge in [0.25, 0.3) is 0 Å². The minimum Gasteiger partial charge on any atom is -0.496 e. The van der Waals surface area contributed by atoms with Crippen LogP contribution in [0.3, 0.4) is 0 Å². The zero-order chi connectivity index (χ0) is 26.5. The number of hydrogen-bond donors (Lipinski definition) is 1. The van der Waals surface area contributed by atoms with Crippen LogP contribution in [0.5, 0.6) is 11.5 Å². The van der Waals surface area contributed by atoms with Crippen LogP contribution >= 0.6 is 11.3 Å². The largest absolute Gasteiger partial charge is 0.496 e. The van der Waals surface area contributed by atoms with Crippen molar-refractivity contribution in [3.63, 3.8) is 0 Å². The van der Waals surface area contributed by atoms with Gasteiger partial charge in [0, 0.05) is 41.1 Å². The third-order valence-corrected chi connectivity index (χ3v) is 8.15. The summed E-state index contributed by atoms with van der Waals surface area (Å²) in [6, 6.07) is 22.8. The van der Waals surface area contributed by atoms with Crippen molar-refractivity contribution in [2.45, 2.75) is 38.6 Å². The summed E-state index contributed by atoms with van der Waals surface area (Å²) in [7, 11) is 1.69. The number of ether oxygens (including phenoxy) is 2. The maximum Gasteiger partial charge on any atom is 0.303 e. The van der Waals surface area contributed by atoms with E-state index in [1.807, 2.05) is 17.0 Å². The molecule has 0 atom stereocenters. The topological polar surface area (TPSA) is 76.1 Å². The number of hydrogen-bond acceptors (Lipinski definition) is 5. The minimum atomic E-state index is -0.810. The van der Waals surface area contributed by atoms with E-state index in [9.17, 15) is 9.59 Å². The van der Waals surface area contributed by atoms with Gasteiger partial charge in [-0.05, 0) is 77.7 Å². The Labute approximate surface area is 226 Å². The lowest BCUT2D eigenvalue weighted by Gasteiger charge is -2.18. The van der Waals surface area contributed by atoms with E-state index in [0.717, 1.165) is 47.6 Å². The predicted molar refractivity (Wildman–Crippen MR) is 150 cm³/mol. The van der Waals surface area contributed by atoms with Gasteiger partial charge < -0.3 is 19.5 Å².